The van der Waals surface area contributed by atoms with Crippen molar-refractivity contribution in [2.45, 2.75) is 23.8 Å². The Bertz CT molecular complexity index is 988. The first kappa shape index (κ1) is 20.0. The van der Waals surface area contributed by atoms with E-state index >= 15 is 0 Å². The van der Waals surface area contributed by atoms with Crippen molar-refractivity contribution in [1.82, 2.24) is 9.21 Å². The van der Waals surface area contributed by atoms with Gasteiger partial charge in [0.05, 0.1) is 24.2 Å². The molecule has 0 aliphatic carbocycles. The maximum atomic E-state index is 13.3. The SMILES string of the molecule is O=C(c1cccc(S(=O)(=O)N2CCOCC2)c1)N1CCCC1c1ccc(F)cc1. The third kappa shape index (κ3) is 4.05. The van der Waals surface area contributed by atoms with Crippen molar-refractivity contribution in [1.29, 1.82) is 0 Å². The number of sulfonamides is 1. The average molecular weight is 418 g/mol. The molecule has 2 aromatic carbocycles. The number of likely N-dealkylation sites (tertiary alicyclic amines) is 1. The number of nitrogens with zero attached hydrogens (tertiary/aromatic N) is 2. The van der Waals surface area contributed by atoms with E-state index in [0.29, 0.717) is 38.4 Å². The molecule has 2 aromatic rings. The summed E-state index contributed by atoms with van der Waals surface area (Å²) in [5, 5.41) is 0. The van der Waals surface area contributed by atoms with E-state index < -0.39 is 10.0 Å². The van der Waals surface area contributed by atoms with Crippen LogP contribution in [-0.2, 0) is 14.8 Å². The van der Waals surface area contributed by atoms with Gasteiger partial charge in [-0.05, 0) is 48.7 Å². The van der Waals surface area contributed by atoms with Crippen molar-refractivity contribution < 1.29 is 22.3 Å². The molecule has 0 saturated carbocycles. The summed E-state index contributed by atoms with van der Waals surface area (Å²) in [6.07, 6.45) is 1.64. The van der Waals surface area contributed by atoms with Gasteiger partial charge in [-0.1, -0.05) is 18.2 Å². The van der Waals surface area contributed by atoms with Gasteiger partial charge >= 0.3 is 0 Å². The molecule has 2 heterocycles. The Kier molecular flexibility index (Phi) is 5.67. The Labute approximate surface area is 169 Å². The molecule has 1 unspecified atom stereocenters. The minimum Gasteiger partial charge on any atom is -0.379 e. The number of rotatable bonds is 4. The van der Waals surface area contributed by atoms with Crippen molar-refractivity contribution in [2.75, 3.05) is 32.8 Å². The van der Waals surface area contributed by atoms with Crippen LogP contribution in [0.25, 0.3) is 0 Å². The summed E-state index contributed by atoms with van der Waals surface area (Å²) < 4.78 is 45.7. The number of carbonyl (C=O) groups excluding carboxylic acids is 1. The molecule has 6 nitrogen and oxygen atoms in total. The Morgan fingerprint density at radius 2 is 1.76 bits per heavy atom. The summed E-state index contributed by atoms with van der Waals surface area (Å²) >= 11 is 0. The van der Waals surface area contributed by atoms with Gasteiger partial charge < -0.3 is 9.64 Å². The zero-order chi connectivity index (χ0) is 20.4. The molecule has 2 saturated heterocycles. The van der Waals surface area contributed by atoms with Gasteiger partial charge in [-0.25, -0.2) is 12.8 Å². The van der Waals surface area contributed by atoms with Gasteiger partial charge in [-0.3, -0.25) is 4.79 Å². The normalized spacial score (nSPS) is 20.7. The zero-order valence-electron chi connectivity index (χ0n) is 16.0. The Morgan fingerprint density at radius 3 is 2.48 bits per heavy atom. The maximum absolute atomic E-state index is 13.3. The van der Waals surface area contributed by atoms with Crippen LogP contribution in [0.3, 0.4) is 0 Å². The summed E-state index contributed by atoms with van der Waals surface area (Å²) in [6, 6.07) is 12.3. The van der Waals surface area contributed by atoms with E-state index in [2.05, 4.69) is 0 Å². The number of benzene rings is 2. The fourth-order valence-corrected chi connectivity index (χ4v) is 5.39. The molecular formula is C21H23FN2O4S. The molecule has 4 rings (SSSR count). The molecule has 29 heavy (non-hydrogen) atoms. The smallest absolute Gasteiger partial charge is 0.254 e. The number of hydrogen-bond donors (Lipinski definition) is 0. The predicted molar refractivity (Wildman–Crippen MR) is 105 cm³/mol. The average Bonchev–Trinajstić information content (AvgIpc) is 3.24. The predicted octanol–water partition coefficient (Wildman–Crippen LogP) is 2.82. The van der Waals surface area contributed by atoms with Crippen molar-refractivity contribution >= 4 is 15.9 Å². The van der Waals surface area contributed by atoms with E-state index in [1.165, 1.54) is 28.6 Å². The van der Waals surface area contributed by atoms with E-state index in [-0.39, 0.29) is 22.7 Å². The van der Waals surface area contributed by atoms with Crippen LogP contribution in [0, 0.1) is 5.82 Å². The van der Waals surface area contributed by atoms with Crippen LogP contribution in [-0.4, -0.2) is 56.4 Å². The van der Waals surface area contributed by atoms with Crippen molar-refractivity contribution in [3.8, 4) is 0 Å². The van der Waals surface area contributed by atoms with Crippen molar-refractivity contribution in [3.63, 3.8) is 0 Å². The van der Waals surface area contributed by atoms with Crippen LogP contribution in [0.2, 0.25) is 0 Å². The highest BCUT2D eigenvalue weighted by molar-refractivity contribution is 7.89. The fraction of sp³-hybridized carbons (Fsp3) is 0.381. The second-order valence-electron chi connectivity index (χ2n) is 7.25. The molecule has 0 aromatic heterocycles. The second kappa shape index (κ2) is 8.22. The molecule has 154 valence electrons. The largest absolute Gasteiger partial charge is 0.379 e. The Morgan fingerprint density at radius 1 is 1.03 bits per heavy atom. The number of hydrogen-bond acceptors (Lipinski definition) is 4. The molecule has 1 amide bonds. The van der Waals surface area contributed by atoms with Gasteiger partial charge in [0.25, 0.3) is 5.91 Å². The van der Waals surface area contributed by atoms with Crippen LogP contribution in [0.5, 0.6) is 0 Å². The van der Waals surface area contributed by atoms with Crippen LogP contribution < -0.4 is 0 Å². The lowest BCUT2D eigenvalue weighted by Crippen LogP contribution is -2.40. The topological polar surface area (TPSA) is 66.9 Å². The van der Waals surface area contributed by atoms with Gasteiger partial charge in [0, 0.05) is 25.2 Å². The molecule has 1 atom stereocenters. The quantitative estimate of drug-likeness (QED) is 0.766. The van der Waals surface area contributed by atoms with Crippen molar-refractivity contribution in [3.05, 3.63) is 65.5 Å². The van der Waals surface area contributed by atoms with E-state index in [1.54, 1.807) is 29.2 Å². The fourth-order valence-electron chi connectivity index (χ4n) is 3.93. The minimum atomic E-state index is -3.67. The molecular weight excluding hydrogens is 395 g/mol. The Balaban J connectivity index is 1.59. The summed E-state index contributed by atoms with van der Waals surface area (Å²) in [6.45, 7) is 1.93. The number of carbonyl (C=O) groups is 1. The highest BCUT2D eigenvalue weighted by atomic mass is 32.2. The number of amides is 1. The molecule has 8 heteroatoms. The van der Waals surface area contributed by atoms with Gasteiger partial charge in [0.15, 0.2) is 0 Å². The molecule has 2 aliphatic heterocycles. The zero-order valence-corrected chi connectivity index (χ0v) is 16.8. The van der Waals surface area contributed by atoms with Crippen LogP contribution in [0.15, 0.2) is 53.4 Å². The van der Waals surface area contributed by atoms with Gasteiger partial charge in [0.2, 0.25) is 10.0 Å². The molecule has 0 N–H and O–H groups in total. The molecule has 0 spiro atoms. The molecule has 0 radical (unpaired) electrons. The van der Waals surface area contributed by atoms with Gasteiger partial charge in [0.1, 0.15) is 5.82 Å². The maximum Gasteiger partial charge on any atom is 0.254 e. The van der Waals surface area contributed by atoms with Crippen LogP contribution in [0.1, 0.15) is 34.8 Å². The summed E-state index contributed by atoms with van der Waals surface area (Å²) in [7, 11) is -3.67. The lowest BCUT2D eigenvalue weighted by Gasteiger charge is -2.27. The first-order valence-electron chi connectivity index (χ1n) is 9.71. The number of halogens is 1. The van der Waals surface area contributed by atoms with Crippen LogP contribution in [0.4, 0.5) is 4.39 Å². The highest BCUT2D eigenvalue weighted by Crippen LogP contribution is 2.33. The summed E-state index contributed by atoms with van der Waals surface area (Å²) in [5.41, 5.74) is 1.22. The third-order valence-electron chi connectivity index (χ3n) is 5.46. The van der Waals surface area contributed by atoms with E-state index in [1.807, 2.05) is 0 Å². The van der Waals surface area contributed by atoms with E-state index in [9.17, 15) is 17.6 Å². The summed E-state index contributed by atoms with van der Waals surface area (Å²) in [5.74, 6) is -0.526. The van der Waals surface area contributed by atoms with Crippen molar-refractivity contribution in [2.24, 2.45) is 0 Å². The molecule has 0 bridgehead atoms. The van der Waals surface area contributed by atoms with Gasteiger partial charge in [-0.2, -0.15) is 4.31 Å². The third-order valence-corrected chi connectivity index (χ3v) is 7.35. The summed E-state index contributed by atoms with van der Waals surface area (Å²) in [4.78, 5) is 15.0. The highest BCUT2D eigenvalue weighted by Gasteiger charge is 2.32. The van der Waals surface area contributed by atoms with Gasteiger partial charge in [-0.15, -0.1) is 0 Å². The second-order valence-corrected chi connectivity index (χ2v) is 9.19. The van der Waals surface area contributed by atoms with Crippen LogP contribution >= 0.6 is 0 Å². The monoisotopic (exact) mass is 418 g/mol. The van der Waals surface area contributed by atoms with E-state index in [0.717, 1.165) is 18.4 Å². The number of morpholine rings is 1. The first-order valence-corrected chi connectivity index (χ1v) is 11.2. The lowest BCUT2D eigenvalue weighted by molar-refractivity contribution is 0.0727. The number of ether oxygens (including phenoxy) is 1. The molecule has 2 fully saturated rings. The standard InChI is InChI=1S/C21H23FN2O4S/c22-18-8-6-16(7-9-18)20-5-2-10-24(20)21(25)17-3-1-4-19(15-17)29(26,27)23-11-13-28-14-12-23/h1,3-4,6-9,15,20H,2,5,10-14H2. The lowest BCUT2D eigenvalue weighted by atomic mass is 10.0. The minimum absolute atomic E-state index is 0.114. The molecule has 2 aliphatic rings. The van der Waals surface area contributed by atoms with E-state index in [4.69, 9.17) is 4.74 Å². The Hall–Kier alpha value is -2.29. The first-order chi connectivity index (χ1) is 14.0.